The van der Waals surface area contributed by atoms with Crippen molar-refractivity contribution < 1.29 is 13.6 Å². The summed E-state index contributed by atoms with van der Waals surface area (Å²) in [6.45, 7) is 3.19. The summed E-state index contributed by atoms with van der Waals surface area (Å²) in [5.41, 5.74) is 2.36. The van der Waals surface area contributed by atoms with Crippen molar-refractivity contribution in [3.63, 3.8) is 0 Å². The zero-order chi connectivity index (χ0) is 19.5. The van der Waals surface area contributed by atoms with E-state index in [1.54, 1.807) is 24.5 Å². The van der Waals surface area contributed by atoms with Gasteiger partial charge in [-0.2, -0.15) is 0 Å². The molecule has 1 amide bonds. The lowest BCUT2D eigenvalue weighted by Crippen LogP contribution is -2.39. The van der Waals surface area contributed by atoms with Crippen LogP contribution in [0.25, 0.3) is 0 Å². The fourth-order valence-electron chi connectivity index (χ4n) is 3.62. The Hall–Kier alpha value is -3.02. The van der Waals surface area contributed by atoms with Gasteiger partial charge in [0.15, 0.2) is 5.89 Å². The molecule has 5 nitrogen and oxygen atoms in total. The molecule has 0 N–H and O–H groups in total. The van der Waals surface area contributed by atoms with Gasteiger partial charge in [0.2, 0.25) is 0 Å². The molecular formula is C22H22FN3O2. The number of halogens is 1. The highest BCUT2D eigenvalue weighted by Crippen LogP contribution is 2.28. The van der Waals surface area contributed by atoms with Crippen molar-refractivity contribution in [3.05, 3.63) is 83.1 Å². The molecule has 1 aliphatic rings. The second kappa shape index (κ2) is 7.92. The van der Waals surface area contributed by atoms with Gasteiger partial charge in [-0.1, -0.05) is 18.2 Å². The lowest BCUT2D eigenvalue weighted by atomic mass is 9.97. The summed E-state index contributed by atoms with van der Waals surface area (Å²) in [6.07, 6.45) is 5.77. The van der Waals surface area contributed by atoms with Gasteiger partial charge in [-0.25, -0.2) is 9.37 Å². The van der Waals surface area contributed by atoms with Crippen LogP contribution in [0.4, 0.5) is 4.39 Å². The molecule has 1 fully saturated rings. The largest absolute Gasteiger partial charge is 0.445 e. The van der Waals surface area contributed by atoms with Gasteiger partial charge in [-0.3, -0.25) is 9.78 Å². The lowest BCUT2D eigenvalue weighted by molar-refractivity contribution is 0.0691. The predicted octanol–water partition coefficient (Wildman–Crippen LogP) is 4.13. The van der Waals surface area contributed by atoms with Crippen LogP contribution >= 0.6 is 0 Å². The second-order valence-corrected chi connectivity index (χ2v) is 7.23. The Labute approximate surface area is 163 Å². The number of carbonyl (C=O) groups is 1. The summed E-state index contributed by atoms with van der Waals surface area (Å²) in [5, 5.41) is 0. The first-order valence-electron chi connectivity index (χ1n) is 9.50. The Bertz CT molecular complexity index is 968. The highest BCUT2D eigenvalue weighted by Gasteiger charge is 2.29. The van der Waals surface area contributed by atoms with Gasteiger partial charge >= 0.3 is 0 Å². The number of nitrogens with zero attached hydrogens (tertiary/aromatic N) is 3. The molecular weight excluding hydrogens is 357 g/mol. The van der Waals surface area contributed by atoms with Gasteiger partial charge in [-0.05, 0) is 49.1 Å². The highest BCUT2D eigenvalue weighted by atomic mass is 19.1. The van der Waals surface area contributed by atoms with Gasteiger partial charge in [0.1, 0.15) is 17.3 Å². The molecule has 0 aliphatic carbocycles. The van der Waals surface area contributed by atoms with Crippen LogP contribution < -0.4 is 0 Å². The van der Waals surface area contributed by atoms with E-state index in [0.717, 1.165) is 29.7 Å². The third-order valence-electron chi connectivity index (χ3n) is 5.13. The highest BCUT2D eigenvalue weighted by molar-refractivity contribution is 5.93. The van der Waals surface area contributed by atoms with Gasteiger partial charge in [0, 0.05) is 25.7 Å². The van der Waals surface area contributed by atoms with Crippen molar-refractivity contribution in [1.82, 2.24) is 14.9 Å². The van der Waals surface area contributed by atoms with Crippen LogP contribution in [-0.4, -0.2) is 33.9 Å². The number of pyridine rings is 1. The Morgan fingerprint density at radius 3 is 2.86 bits per heavy atom. The topological polar surface area (TPSA) is 59.2 Å². The average molecular weight is 379 g/mol. The number of piperidine rings is 1. The summed E-state index contributed by atoms with van der Waals surface area (Å²) < 4.78 is 19.0. The van der Waals surface area contributed by atoms with E-state index in [1.807, 2.05) is 24.0 Å². The van der Waals surface area contributed by atoms with Gasteiger partial charge < -0.3 is 9.32 Å². The number of hydrogen-bond donors (Lipinski definition) is 0. The molecule has 28 heavy (non-hydrogen) atoms. The van der Waals surface area contributed by atoms with Crippen LogP contribution in [0.3, 0.4) is 0 Å². The number of likely N-dealkylation sites (tertiary alicyclic amines) is 1. The smallest absolute Gasteiger partial charge is 0.272 e. The van der Waals surface area contributed by atoms with Gasteiger partial charge in [0.05, 0.1) is 12.1 Å². The molecule has 0 spiro atoms. The summed E-state index contributed by atoms with van der Waals surface area (Å²) in [5.74, 6) is 1.18. The van der Waals surface area contributed by atoms with Crippen LogP contribution in [0, 0.1) is 12.7 Å². The number of aromatic nitrogens is 2. The summed E-state index contributed by atoms with van der Waals surface area (Å²) in [7, 11) is 0. The molecule has 1 aromatic carbocycles. The van der Waals surface area contributed by atoms with Crippen LogP contribution in [-0.2, 0) is 6.42 Å². The average Bonchev–Trinajstić information content (AvgIpc) is 3.18. The van der Waals surface area contributed by atoms with Crippen molar-refractivity contribution in [3.8, 4) is 0 Å². The Balaban J connectivity index is 1.45. The van der Waals surface area contributed by atoms with Crippen LogP contribution in [0.5, 0.6) is 0 Å². The SMILES string of the molecule is Cc1cccnc1C(=O)N1CCC[C@@H](c2ncc(Cc3ccc(F)cc3)o2)C1. The number of rotatable bonds is 4. The number of carbonyl (C=O) groups excluding carboxylic acids is 1. The molecule has 144 valence electrons. The van der Waals surface area contributed by atoms with E-state index in [-0.39, 0.29) is 17.6 Å². The molecule has 4 rings (SSSR count). The third-order valence-corrected chi connectivity index (χ3v) is 5.13. The third kappa shape index (κ3) is 3.96. The minimum absolute atomic E-state index is 0.0408. The summed E-state index contributed by atoms with van der Waals surface area (Å²) >= 11 is 0. The van der Waals surface area contributed by atoms with E-state index in [2.05, 4.69) is 9.97 Å². The first-order valence-corrected chi connectivity index (χ1v) is 9.50. The minimum atomic E-state index is -0.253. The Morgan fingerprint density at radius 1 is 1.25 bits per heavy atom. The number of hydrogen-bond acceptors (Lipinski definition) is 4. The molecule has 0 bridgehead atoms. The van der Waals surface area contributed by atoms with Crippen LogP contribution in [0.15, 0.2) is 53.2 Å². The Kier molecular flexibility index (Phi) is 5.19. The fourth-order valence-corrected chi connectivity index (χ4v) is 3.62. The maximum Gasteiger partial charge on any atom is 0.272 e. The maximum absolute atomic E-state index is 13.0. The summed E-state index contributed by atoms with van der Waals surface area (Å²) in [4.78, 5) is 23.4. The predicted molar refractivity (Wildman–Crippen MR) is 103 cm³/mol. The van der Waals surface area contributed by atoms with E-state index in [1.165, 1.54) is 12.1 Å². The summed E-state index contributed by atoms with van der Waals surface area (Å²) in [6, 6.07) is 10.1. The minimum Gasteiger partial charge on any atom is -0.445 e. The standard InChI is InChI=1S/C22H22FN3O2/c1-15-4-2-10-24-20(15)22(27)26-11-3-5-17(14-26)21-25-13-19(28-21)12-16-6-8-18(23)9-7-16/h2,4,6-10,13,17H,3,5,11-12,14H2,1H3/t17-/m1/s1. The molecule has 0 unspecified atom stereocenters. The zero-order valence-corrected chi connectivity index (χ0v) is 15.8. The lowest BCUT2D eigenvalue weighted by Gasteiger charge is -2.31. The quantitative estimate of drug-likeness (QED) is 0.684. The fraction of sp³-hybridized carbons (Fsp3) is 0.318. The van der Waals surface area contributed by atoms with E-state index < -0.39 is 0 Å². The number of benzene rings is 1. The van der Waals surface area contributed by atoms with E-state index >= 15 is 0 Å². The molecule has 0 saturated carbocycles. The number of oxazole rings is 1. The molecule has 1 saturated heterocycles. The first-order chi connectivity index (χ1) is 13.6. The van der Waals surface area contributed by atoms with E-state index in [4.69, 9.17) is 4.42 Å². The van der Waals surface area contributed by atoms with Crippen LogP contribution in [0.2, 0.25) is 0 Å². The van der Waals surface area contributed by atoms with Gasteiger partial charge in [0.25, 0.3) is 5.91 Å². The molecule has 3 heterocycles. The maximum atomic E-state index is 13.0. The normalized spacial score (nSPS) is 16.9. The molecule has 0 radical (unpaired) electrons. The van der Waals surface area contributed by atoms with Crippen molar-refractivity contribution in [2.45, 2.75) is 32.1 Å². The molecule has 2 aromatic heterocycles. The Morgan fingerprint density at radius 2 is 2.07 bits per heavy atom. The molecule has 1 atom stereocenters. The molecule has 1 aliphatic heterocycles. The van der Waals surface area contributed by atoms with E-state index in [0.29, 0.717) is 31.1 Å². The van der Waals surface area contributed by atoms with Crippen molar-refractivity contribution in [2.24, 2.45) is 0 Å². The van der Waals surface area contributed by atoms with Gasteiger partial charge in [-0.15, -0.1) is 0 Å². The zero-order valence-electron chi connectivity index (χ0n) is 15.8. The van der Waals surface area contributed by atoms with Crippen molar-refractivity contribution >= 4 is 5.91 Å². The molecule has 6 heteroatoms. The first kappa shape index (κ1) is 18.3. The van der Waals surface area contributed by atoms with E-state index in [9.17, 15) is 9.18 Å². The second-order valence-electron chi connectivity index (χ2n) is 7.23. The number of aryl methyl sites for hydroxylation is 1. The number of amides is 1. The van der Waals surface area contributed by atoms with Crippen LogP contribution in [0.1, 0.15) is 52.0 Å². The van der Waals surface area contributed by atoms with Crippen molar-refractivity contribution in [1.29, 1.82) is 0 Å². The monoisotopic (exact) mass is 379 g/mol. The molecule has 3 aromatic rings. The van der Waals surface area contributed by atoms with Crippen molar-refractivity contribution in [2.75, 3.05) is 13.1 Å².